The van der Waals surface area contributed by atoms with E-state index >= 15 is 0 Å². The number of fused-ring (bicyclic) bond motifs is 4. The second kappa shape index (κ2) is 6.55. The van der Waals surface area contributed by atoms with Crippen LogP contribution in [0.3, 0.4) is 0 Å². The van der Waals surface area contributed by atoms with Crippen molar-refractivity contribution in [3.63, 3.8) is 0 Å². The van der Waals surface area contributed by atoms with E-state index in [2.05, 4.69) is 79.2 Å². The van der Waals surface area contributed by atoms with Crippen LogP contribution in [0.25, 0.3) is 27.1 Å². The molecule has 2 aromatic heterocycles. The van der Waals surface area contributed by atoms with E-state index in [0.717, 1.165) is 0 Å². The zero-order valence-electron chi connectivity index (χ0n) is 13.8. The molecule has 2 heterocycles. The molecule has 5 nitrogen and oxygen atoms in total. The average molecular weight is 361 g/mol. The third-order valence-corrected chi connectivity index (χ3v) is 4.15. The van der Waals surface area contributed by atoms with Crippen LogP contribution in [0.2, 0.25) is 0 Å². The molecule has 0 saturated heterocycles. The van der Waals surface area contributed by atoms with Crippen LogP contribution in [-0.2, 0) is 0 Å². The molecule has 0 aliphatic carbocycles. The van der Waals surface area contributed by atoms with E-state index in [0.29, 0.717) is 0 Å². The fourth-order valence-electron chi connectivity index (χ4n) is 3.09. The number of hydrogen-bond donors (Lipinski definition) is 3. The summed E-state index contributed by atoms with van der Waals surface area (Å²) >= 11 is 0. The maximum absolute atomic E-state index is 8.83. The Hall–Kier alpha value is -2.28. The number of aryl methyl sites for hydroxylation is 2. The summed E-state index contributed by atoms with van der Waals surface area (Å²) in [5, 5.41) is 5.28. The van der Waals surface area contributed by atoms with E-state index in [4.69, 9.17) is 18.6 Å². The first kappa shape index (κ1) is 17.5. The fourth-order valence-corrected chi connectivity index (χ4v) is 3.09. The van der Waals surface area contributed by atoms with E-state index in [1.807, 2.05) is 0 Å². The molecule has 4 rings (SSSR count). The van der Waals surface area contributed by atoms with Crippen LogP contribution >= 0.6 is 0 Å². The molecule has 3 N–H and O–H groups in total. The van der Waals surface area contributed by atoms with Gasteiger partial charge in [-0.25, -0.2) is 0 Å². The van der Waals surface area contributed by atoms with E-state index in [1.54, 1.807) is 0 Å². The van der Waals surface area contributed by atoms with Crippen molar-refractivity contribution in [1.82, 2.24) is 0 Å². The molecule has 0 saturated carbocycles. The van der Waals surface area contributed by atoms with Gasteiger partial charge >= 0.3 is 28.9 Å². The van der Waals surface area contributed by atoms with Crippen molar-refractivity contribution in [3.05, 3.63) is 72.1 Å². The van der Waals surface area contributed by atoms with Crippen molar-refractivity contribution >= 4 is 27.1 Å². The Morgan fingerprint density at radius 2 is 1.48 bits per heavy atom. The molecule has 0 bridgehead atoms. The molecular formula is C19H19ClNO4+. The zero-order chi connectivity index (χ0) is 18.2. The van der Waals surface area contributed by atoms with Crippen LogP contribution in [0.1, 0.15) is 11.1 Å². The third kappa shape index (κ3) is 3.87. The van der Waals surface area contributed by atoms with Crippen molar-refractivity contribution in [2.24, 2.45) is 0 Å². The molecule has 6 heteroatoms. The summed E-state index contributed by atoms with van der Waals surface area (Å²) in [5.41, 5.74) is 3.90. The molecule has 25 heavy (non-hydrogen) atoms. The van der Waals surface area contributed by atoms with E-state index in [1.165, 1.54) is 38.2 Å². The van der Waals surface area contributed by atoms with Crippen molar-refractivity contribution in [3.8, 4) is 0 Å². The second-order valence-electron chi connectivity index (χ2n) is 5.93. The summed E-state index contributed by atoms with van der Waals surface area (Å²) in [6, 6.07) is 17.4. The van der Waals surface area contributed by atoms with Gasteiger partial charge in [0.15, 0.2) is 12.4 Å². The quantitative estimate of drug-likeness (QED) is 0.252. The van der Waals surface area contributed by atoms with Crippen LogP contribution in [0.4, 0.5) is 0 Å². The standard InChI is InChI=1S/C19H16N.ClH3O4/c1-13-7-10-19-14(2)16-9-8-15-5-3-4-6-17(15)18(16)12-20(19)11-13;2-1(3,4)5/h3-12H,1-2H3;2-4H/q+1;. The molecule has 0 fully saturated rings. The molecule has 0 unspecified atom stereocenters. The summed E-state index contributed by atoms with van der Waals surface area (Å²) in [7, 11) is -4.19. The van der Waals surface area contributed by atoms with Gasteiger partial charge in [-0.15, -0.1) is 0 Å². The molecule has 2 aromatic carbocycles. The Labute approximate surface area is 146 Å². The van der Waals surface area contributed by atoms with Gasteiger partial charge in [-0.05, 0) is 36.1 Å². The number of benzene rings is 2. The van der Waals surface area contributed by atoms with Crippen LogP contribution in [0.15, 0.2) is 60.9 Å². The second-order valence-corrected chi connectivity index (χ2v) is 6.80. The minimum absolute atomic E-state index is 1.28. The monoisotopic (exact) mass is 360 g/mol. The number of aromatic nitrogens is 1. The Bertz CT molecular complexity index is 1070. The number of halogens is 1. The minimum atomic E-state index is -4.19. The van der Waals surface area contributed by atoms with Crippen LogP contribution < -0.4 is 9.06 Å². The summed E-state index contributed by atoms with van der Waals surface area (Å²) in [6.07, 6.45) is 4.45. The Kier molecular flexibility index (Phi) is 4.60. The van der Waals surface area contributed by atoms with E-state index < -0.39 is 10.2 Å². The maximum atomic E-state index is 8.83. The molecule has 0 aliphatic heterocycles. The molecule has 0 radical (unpaired) electrons. The predicted molar refractivity (Wildman–Crippen MR) is 90.7 cm³/mol. The van der Waals surface area contributed by atoms with Crippen molar-refractivity contribution in [2.75, 3.05) is 0 Å². The SMILES string of the molecule is Cc1ccc2c(C)c3ccc4ccccc4c3c[n+]2c1.[O-][Cl+](O)(O)O. The third-order valence-electron chi connectivity index (χ3n) is 4.15. The normalized spacial score (nSPS) is 12.2. The molecular weight excluding hydrogens is 342 g/mol. The van der Waals surface area contributed by atoms with Crippen LogP contribution in [0, 0.1) is 24.1 Å². The molecule has 130 valence electrons. The first-order valence-electron chi connectivity index (χ1n) is 7.63. The van der Waals surface area contributed by atoms with Gasteiger partial charge in [-0.3, -0.25) is 0 Å². The zero-order valence-corrected chi connectivity index (χ0v) is 14.6. The van der Waals surface area contributed by atoms with Crippen molar-refractivity contribution in [1.29, 1.82) is 0 Å². The van der Waals surface area contributed by atoms with E-state index in [9.17, 15) is 0 Å². The van der Waals surface area contributed by atoms with Gasteiger partial charge < -0.3 is 0 Å². The fraction of sp³-hybridized carbons (Fsp3) is 0.105. The summed E-state index contributed by atoms with van der Waals surface area (Å²) in [4.78, 5) is 0. The first-order valence-corrected chi connectivity index (χ1v) is 8.95. The van der Waals surface area contributed by atoms with Gasteiger partial charge in [0.1, 0.15) is 0 Å². The van der Waals surface area contributed by atoms with Crippen LogP contribution in [0.5, 0.6) is 0 Å². The number of nitrogens with zero attached hydrogens (tertiary/aromatic N) is 1. The molecule has 0 spiro atoms. The number of rotatable bonds is 0. The summed E-state index contributed by atoms with van der Waals surface area (Å²) in [6.45, 7) is 4.34. The van der Waals surface area contributed by atoms with Crippen molar-refractivity contribution < 1.29 is 33.3 Å². The van der Waals surface area contributed by atoms with Crippen molar-refractivity contribution in [2.45, 2.75) is 13.8 Å². The van der Waals surface area contributed by atoms with Gasteiger partial charge in [0.2, 0.25) is 5.52 Å². The predicted octanol–water partition coefficient (Wildman–Crippen LogP) is 1.49. The summed E-state index contributed by atoms with van der Waals surface area (Å²) in [5.74, 6) is 0. The van der Waals surface area contributed by atoms with Gasteiger partial charge in [0.05, 0.1) is 5.39 Å². The van der Waals surface area contributed by atoms with Gasteiger partial charge in [-0.1, -0.05) is 36.4 Å². The topological polar surface area (TPSA) is 87.9 Å². The number of pyridine rings is 2. The van der Waals surface area contributed by atoms with E-state index in [-0.39, 0.29) is 0 Å². The first-order chi connectivity index (χ1) is 11.7. The van der Waals surface area contributed by atoms with Gasteiger partial charge in [0, 0.05) is 17.2 Å². The summed E-state index contributed by atoms with van der Waals surface area (Å²) < 4.78 is 32.5. The van der Waals surface area contributed by atoms with Crippen LogP contribution in [-0.4, -0.2) is 14.0 Å². The average Bonchev–Trinajstić information content (AvgIpc) is 2.53. The number of hydrogen-bond acceptors (Lipinski definition) is 4. The molecule has 4 aromatic rings. The molecule has 0 amide bonds. The Morgan fingerprint density at radius 1 is 0.800 bits per heavy atom. The Balaban J connectivity index is 0.000000324. The van der Waals surface area contributed by atoms with Gasteiger partial charge in [-0.2, -0.15) is 4.40 Å². The molecule has 0 atom stereocenters. The Morgan fingerprint density at radius 3 is 2.20 bits per heavy atom. The van der Waals surface area contributed by atoms with Gasteiger partial charge in [0.25, 0.3) is 0 Å². The molecule has 0 aliphatic rings.